The van der Waals surface area contributed by atoms with Crippen molar-refractivity contribution in [2.75, 3.05) is 29.9 Å². The maximum atomic E-state index is 11.6. The van der Waals surface area contributed by atoms with Crippen LogP contribution >= 0.6 is 11.6 Å². The average molecular weight is 404 g/mol. The van der Waals surface area contributed by atoms with Gasteiger partial charge in [-0.05, 0) is 18.2 Å². The van der Waals surface area contributed by atoms with Gasteiger partial charge in [0.05, 0.1) is 21.7 Å². The molecule has 1 N–H and O–H groups in total. The summed E-state index contributed by atoms with van der Waals surface area (Å²) in [7, 11) is 0. The van der Waals surface area contributed by atoms with E-state index in [1.165, 1.54) is 6.07 Å². The number of nitro groups is 1. The van der Waals surface area contributed by atoms with Gasteiger partial charge in [-0.2, -0.15) is 0 Å². The predicted octanol–water partition coefficient (Wildman–Crippen LogP) is 3.63. The van der Waals surface area contributed by atoms with Crippen LogP contribution in [0.2, 0.25) is 5.02 Å². The maximum Gasteiger partial charge on any atom is 0.296 e. The first-order valence-electron chi connectivity index (χ1n) is 8.92. The molecule has 2 aliphatic rings. The fourth-order valence-electron chi connectivity index (χ4n) is 3.44. The highest BCUT2D eigenvalue weighted by atomic mass is 35.5. The molecule has 2 aliphatic heterocycles. The first kappa shape index (κ1) is 18.4. The summed E-state index contributed by atoms with van der Waals surface area (Å²) in [4.78, 5) is 24.6. The van der Waals surface area contributed by atoms with Gasteiger partial charge in [0.2, 0.25) is 0 Å². The van der Waals surface area contributed by atoms with Crippen molar-refractivity contribution in [1.29, 1.82) is 0 Å². The number of hydrogen-bond donors (Lipinski definition) is 1. The van der Waals surface area contributed by atoms with Crippen LogP contribution in [0.25, 0.3) is 0 Å². The number of piperidine rings is 1. The molecule has 0 radical (unpaired) electrons. The number of amides is 1. The van der Waals surface area contributed by atoms with E-state index in [1.807, 2.05) is 23.1 Å². The van der Waals surface area contributed by atoms with E-state index in [-0.39, 0.29) is 24.3 Å². The number of halogens is 1. The van der Waals surface area contributed by atoms with Crippen LogP contribution in [0.5, 0.6) is 11.5 Å². The van der Waals surface area contributed by atoms with E-state index >= 15 is 0 Å². The molecular weight excluding hydrogens is 386 g/mol. The Balaban J connectivity index is 1.51. The van der Waals surface area contributed by atoms with Gasteiger partial charge in [-0.1, -0.05) is 23.7 Å². The fraction of sp³-hybridized carbons (Fsp3) is 0.316. The Morgan fingerprint density at radius 2 is 2.00 bits per heavy atom. The zero-order valence-electron chi connectivity index (χ0n) is 14.9. The summed E-state index contributed by atoms with van der Waals surface area (Å²) in [6.45, 7) is 1.03. The van der Waals surface area contributed by atoms with E-state index < -0.39 is 4.92 Å². The minimum Gasteiger partial charge on any atom is -0.489 e. The van der Waals surface area contributed by atoms with Crippen LogP contribution in [-0.2, 0) is 4.79 Å². The number of para-hydroxylation sites is 1. The van der Waals surface area contributed by atoms with Crippen molar-refractivity contribution in [1.82, 2.24) is 0 Å². The van der Waals surface area contributed by atoms with E-state index in [9.17, 15) is 14.9 Å². The van der Waals surface area contributed by atoms with Gasteiger partial charge in [0.15, 0.2) is 12.4 Å². The predicted molar refractivity (Wildman–Crippen MR) is 105 cm³/mol. The van der Waals surface area contributed by atoms with Gasteiger partial charge < -0.3 is 19.7 Å². The summed E-state index contributed by atoms with van der Waals surface area (Å²) >= 11 is 6.15. The summed E-state index contributed by atoms with van der Waals surface area (Å²) in [6, 6.07) is 10.3. The fourth-order valence-corrected chi connectivity index (χ4v) is 3.62. The SMILES string of the molecule is O=C1COc2cc([N+](=O)[O-])c(N3CCC(Oc4ccccc4Cl)CC3)cc2N1. The average Bonchev–Trinajstić information content (AvgIpc) is 2.69. The van der Waals surface area contributed by atoms with Crippen molar-refractivity contribution in [2.24, 2.45) is 0 Å². The molecule has 4 rings (SSSR count). The van der Waals surface area contributed by atoms with Gasteiger partial charge in [0.1, 0.15) is 17.5 Å². The van der Waals surface area contributed by atoms with Crippen LogP contribution in [-0.4, -0.2) is 36.6 Å². The molecule has 0 saturated carbocycles. The number of nitrogens with zero attached hydrogens (tertiary/aromatic N) is 2. The minimum atomic E-state index is -0.429. The van der Waals surface area contributed by atoms with Gasteiger partial charge in [-0.15, -0.1) is 0 Å². The molecule has 0 aliphatic carbocycles. The summed E-state index contributed by atoms with van der Waals surface area (Å²) in [5, 5.41) is 14.8. The quantitative estimate of drug-likeness (QED) is 0.618. The van der Waals surface area contributed by atoms with Crippen molar-refractivity contribution >= 4 is 34.6 Å². The van der Waals surface area contributed by atoms with Crippen molar-refractivity contribution in [2.45, 2.75) is 18.9 Å². The van der Waals surface area contributed by atoms with Crippen molar-refractivity contribution in [3.05, 3.63) is 51.5 Å². The molecule has 8 nitrogen and oxygen atoms in total. The number of hydrogen-bond acceptors (Lipinski definition) is 6. The molecule has 0 aromatic heterocycles. The Morgan fingerprint density at radius 3 is 2.71 bits per heavy atom. The lowest BCUT2D eigenvalue weighted by Crippen LogP contribution is -2.38. The van der Waals surface area contributed by atoms with E-state index in [1.54, 1.807) is 12.1 Å². The number of rotatable bonds is 4. The molecule has 0 spiro atoms. The second-order valence-electron chi connectivity index (χ2n) is 6.67. The first-order chi connectivity index (χ1) is 13.5. The standard InChI is InChI=1S/C19H18ClN3O5/c20-13-3-1-2-4-17(13)28-12-5-7-22(8-6-12)15-9-14-18(10-16(15)23(25)26)27-11-19(24)21-14/h1-4,9-10,12H,5-8,11H2,(H,21,24). The third kappa shape index (κ3) is 3.68. The Bertz CT molecular complexity index is 928. The number of anilines is 2. The minimum absolute atomic E-state index is 0.0177. The lowest BCUT2D eigenvalue weighted by Gasteiger charge is -2.34. The second kappa shape index (κ2) is 7.55. The molecule has 9 heteroatoms. The topological polar surface area (TPSA) is 93.9 Å². The zero-order valence-corrected chi connectivity index (χ0v) is 15.6. The Labute approximate surface area is 166 Å². The molecule has 2 aromatic rings. The zero-order chi connectivity index (χ0) is 19.7. The molecule has 0 atom stereocenters. The van der Waals surface area contributed by atoms with Crippen LogP contribution < -0.4 is 19.7 Å². The molecule has 2 heterocycles. The van der Waals surface area contributed by atoms with Crippen molar-refractivity contribution in [3.8, 4) is 11.5 Å². The van der Waals surface area contributed by atoms with Gasteiger partial charge in [-0.25, -0.2) is 0 Å². The molecule has 1 fully saturated rings. The number of nitro benzene ring substituents is 1. The molecule has 2 aromatic carbocycles. The largest absolute Gasteiger partial charge is 0.489 e. The second-order valence-corrected chi connectivity index (χ2v) is 7.07. The van der Waals surface area contributed by atoms with Crippen molar-refractivity contribution < 1.29 is 19.2 Å². The van der Waals surface area contributed by atoms with Gasteiger partial charge >= 0.3 is 0 Å². The summed E-state index contributed by atoms with van der Waals surface area (Å²) in [6.07, 6.45) is 1.38. The monoisotopic (exact) mass is 403 g/mol. The third-order valence-electron chi connectivity index (χ3n) is 4.82. The van der Waals surface area contributed by atoms with E-state index in [2.05, 4.69) is 5.32 Å². The highest BCUT2D eigenvalue weighted by Gasteiger charge is 2.29. The lowest BCUT2D eigenvalue weighted by molar-refractivity contribution is -0.384. The first-order valence-corrected chi connectivity index (χ1v) is 9.30. The van der Waals surface area contributed by atoms with Crippen LogP contribution in [0.1, 0.15) is 12.8 Å². The van der Waals surface area contributed by atoms with Crippen LogP contribution in [0.15, 0.2) is 36.4 Å². The number of benzene rings is 2. The molecule has 0 unspecified atom stereocenters. The molecule has 28 heavy (non-hydrogen) atoms. The van der Waals surface area contributed by atoms with Crippen LogP contribution in [0.4, 0.5) is 17.1 Å². The van der Waals surface area contributed by atoms with Gasteiger partial charge in [-0.3, -0.25) is 14.9 Å². The van der Waals surface area contributed by atoms with E-state index in [0.29, 0.717) is 53.8 Å². The number of ether oxygens (including phenoxy) is 2. The third-order valence-corrected chi connectivity index (χ3v) is 5.13. The maximum absolute atomic E-state index is 11.6. The molecule has 0 bridgehead atoms. The molecule has 1 amide bonds. The van der Waals surface area contributed by atoms with Gasteiger partial charge in [0.25, 0.3) is 11.6 Å². The number of nitrogens with one attached hydrogen (secondary N) is 1. The molecular formula is C19H18ClN3O5. The normalized spacial score (nSPS) is 16.8. The van der Waals surface area contributed by atoms with Crippen LogP contribution in [0.3, 0.4) is 0 Å². The number of carbonyl (C=O) groups is 1. The highest BCUT2D eigenvalue weighted by Crippen LogP contribution is 2.40. The lowest BCUT2D eigenvalue weighted by atomic mass is 10.1. The summed E-state index contributed by atoms with van der Waals surface area (Å²) < 4.78 is 11.3. The van der Waals surface area contributed by atoms with Crippen molar-refractivity contribution in [3.63, 3.8) is 0 Å². The molecule has 146 valence electrons. The number of fused-ring (bicyclic) bond motifs is 1. The smallest absolute Gasteiger partial charge is 0.296 e. The Morgan fingerprint density at radius 1 is 1.25 bits per heavy atom. The van der Waals surface area contributed by atoms with E-state index in [4.69, 9.17) is 21.1 Å². The highest BCUT2D eigenvalue weighted by molar-refractivity contribution is 6.32. The van der Waals surface area contributed by atoms with Crippen LogP contribution in [0, 0.1) is 10.1 Å². The van der Waals surface area contributed by atoms with E-state index in [0.717, 1.165) is 0 Å². The number of carbonyl (C=O) groups excluding carboxylic acids is 1. The van der Waals surface area contributed by atoms with Gasteiger partial charge in [0, 0.05) is 25.9 Å². The molecule has 1 saturated heterocycles. The Hall–Kier alpha value is -3.00. The summed E-state index contributed by atoms with van der Waals surface area (Å²) in [5.74, 6) is 0.674. The Kier molecular flexibility index (Phi) is 4.95. The summed E-state index contributed by atoms with van der Waals surface area (Å²) in [5.41, 5.74) is 0.873.